The molecule has 0 radical (unpaired) electrons. The van der Waals surface area contributed by atoms with Gasteiger partial charge in [-0.05, 0) is 53.6 Å². The molecule has 0 saturated carbocycles. The van der Waals surface area contributed by atoms with Crippen molar-refractivity contribution in [3.05, 3.63) is 37.2 Å². The van der Waals surface area contributed by atoms with Crippen molar-refractivity contribution in [2.45, 2.75) is 20.3 Å². The lowest BCUT2D eigenvalue weighted by Crippen LogP contribution is -2.09. The summed E-state index contributed by atoms with van der Waals surface area (Å²) >= 11 is 2.14. The van der Waals surface area contributed by atoms with Gasteiger partial charge in [0, 0.05) is 10.9 Å². The van der Waals surface area contributed by atoms with E-state index in [0.717, 1.165) is 25.8 Å². The largest absolute Gasteiger partial charge is 0.496 e. The summed E-state index contributed by atoms with van der Waals surface area (Å²) in [6.45, 7) is 3.92. The molecule has 2 rings (SSSR count). The van der Waals surface area contributed by atoms with Crippen LogP contribution in [0.3, 0.4) is 0 Å². The fraction of sp³-hybridized carbons (Fsp3) is 0.308. The summed E-state index contributed by atoms with van der Waals surface area (Å²) in [6, 6.07) is 3.84. The lowest BCUT2D eigenvalue weighted by atomic mass is 10.0. The summed E-state index contributed by atoms with van der Waals surface area (Å²) in [6.07, 6.45) is 0.687. The highest BCUT2D eigenvalue weighted by Gasteiger charge is 2.14. The van der Waals surface area contributed by atoms with Gasteiger partial charge in [-0.2, -0.15) is 0 Å². The molecule has 0 aliphatic carbocycles. The molecule has 0 spiro atoms. The van der Waals surface area contributed by atoms with Crippen LogP contribution in [0.1, 0.15) is 18.1 Å². The van der Waals surface area contributed by atoms with Crippen molar-refractivity contribution in [1.29, 1.82) is 0 Å². The van der Waals surface area contributed by atoms with Crippen molar-refractivity contribution in [2.24, 2.45) is 0 Å². The zero-order valence-electron chi connectivity index (χ0n) is 9.96. The monoisotopic (exact) mass is 344 g/mol. The highest BCUT2D eigenvalue weighted by atomic mass is 127. The Labute approximate surface area is 113 Å². The molecule has 0 aliphatic heterocycles. The van der Waals surface area contributed by atoms with Crippen molar-refractivity contribution < 1.29 is 9.15 Å². The zero-order chi connectivity index (χ0) is 12.6. The zero-order valence-corrected chi connectivity index (χ0v) is 12.1. The summed E-state index contributed by atoms with van der Waals surface area (Å²) in [4.78, 5) is 11.8. The summed E-state index contributed by atoms with van der Waals surface area (Å²) in [5.41, 5.74) is 2.12. The molecule has 4 heteroatoms. The fourth-order valence-corrected chi connectivity index (χ4v) is 2.77. The Morgan fingerprint density at radius 1 is 1.41 bits per heavy atom. The van der Waals surface area contributed by atoms with Gasteiger partial charge in [0.1, 0.15) is 5.75 Å². The third-order valence-electron chi connectivity index (χ3n) is 2.93. The predicted molar refractivity (Wildman–Crippen MR) is 75.9 cm³/mol. The van der Waals surface area contributed by atoms with Crippen LogP contribution in [-0.4, -0.2) is 7.11 Å². The normalized spacial score (nSPS) is 10.8. The smallest absolute Gasteiger partial charge is 0.339 e. The first-order chi connectivity index (χ1) is 8.10. The topological polar surface area (TPSA) is 39.4 Å². The van der Waals surface area contributed by atoms with Crippen LogP contribution in [0.2, 0.25) is 0 Å². The van der Waals surface area contributed by atoms with E-state index < -0.39 is 0 Å². The standard InChI is InChI=1S/C13H13IO3/c1-4-8-7(2)9-5-6-10(16-3)11(14)12(9)17-13(8)15/h5-6H,4H2,1-3H3. The number of methoxy groups -OCH3 is 1. The highest BCUT2D eigenvalue weighted by Crippen LogP contribution is 2.30. The van der Waals surface area contributed by atoms with Crippen LogP contribution in [0.5, 0.6) is 5.75 Å². The van der Waals surface area contributed by atoms with Gasteiger partial charge >= 0.3 is 5.63 Å². The molecule has 0 atom stereocenters. The second-order valence-corrected chi connectivity index (χ2v) is 4.88. The van der Waals surface area contributed by atoms with Crippen LogP contribution in [-0.2, 0) is 6.42 Å². The molecule has 1 aromatic heterocycles. The molecule has 0 aliphatic rings. The van der Waals surface area contributed by atoms with Crippen LogP contribution < -0.4 is 10.4 Å². The molecule has 0 bridgehead atoms. The lowest BCUT2D eigenvalue weighted by molar-refractivity contribution is 0.410. The van der Waals surface area contributed by atoms with E-state index in [1.54, 1.807) is 7.11 Å². The molecule has 0 amide bonds. The molecule has 2 aromatic rings. The SMILES string of the molecule is CCc1c(C)c2ccc(OC)c(I)c2oc1=O. The van der Waals surface area contributed by atoms with Crippen molar-refractivity contribution in [1.82, 2.24) is 0 Å². The Balaban J connectivity index is 2.91. The molecule has 3 nitrogen and oxygen atoms in total. The molecule has 1 aromatic carbocycles. The number of hydrogen-bond donors (Lipinski definition) is 0. The summed E-state index contributed by atoms with van der Waals surface area (Å²) in [5.74, 6) is 0.727. The maximum absolute atomic E-state index is 11.8. The van der Waals surface area contributed by atoms with Gasteiger partial charge in [-0.25, -0.2) is 4.79 Å². The molecule has 90 valence electrons. The van der Waals surface area contributed by atoms with Gasteiger partial charge in [0.25, 0.3) is 0 Å². The number of halogens is 1. The van der Waals surface area contributed by atoms with Crippen molar-refractivity contribution in [3.63, 3.8) is 0 Å². The molecule has 0 unspecified atom stereocenters. The van der Waals surface area contributed by atoms with E-state index in [9.17, 15) is 4.79 Å². The molecular weight excluding hydrogens is 331 g/mol. The summed E-state index contributed by atoms with van der Waals surface area (Å²) < 4.78 is 11.5. The predicted octanol–water partition coefficient (Wildman–Crippen LogP) is 3.28. The first kappa shape index (κ1) is 12.4. The van der Waals surface area contributed by atoms with E-state index in [1.807, 2.05) is 26.0 Å². The van der Waals surface area contributed by atoms with Gasteiger partial charge < -0.3 is 9.15 Å². The second kappa shape index (κ2) is 4.68. The summed E-state index contributed by atoms with van der Waals surface area (Å²) in [7, 11) is 1.61. The van der Waals surface area contributed by atoms with E-state index in [2.05, 4.69) is 22.6 Å². The molecular formula is C13H13IO3. The molecule has 1 heterocycles. The van der Waals surface area contributed by atoms with Crippen LogP contribution in [0.4, 0.5) is 0 Å². The number of hydrogen-bond acceptors (Lipinski definition) is 3. The van der Waals surface area contributed by atoms with Crippen molar-refractivity contribution >= 4 is 33.6 Å². The van der Waals surface area contributed by atoms with Crippen molar-refractivity contribution in [2.75, 3.05) is 7.11 Å². The average molecular weight is 344 g/mol. The molecule has 17 heavy (non-hydrogen) atoms. The van der Waals surface area contributed by atoms with Crippen LogP contribution in [0, 0.1) is 10.5 Å². The highest BCUT2D eigenvalue weighted by molar-refractivity contribution is 14.1. The van der Waals surface area contributed by atoms with Gasteiger partial charge in [0.05, 0.1) is 10.7 Å². The Morgan fingerprint density at radius 3 is 2.71 bits per heavy atom. The Hall–Kier alpha value is -1.04. The van der Waals surface area contributed by atoms with E-state index in [1.165, 1.54) is 0 Å². The maximum atomic E-state index is 11.8. The number of rotatable bonds is 2. The minimum absolute atomic E-state index is 0.247. The van der Waals surface area contributed by atoms with Crippen LogP contribution >= 0.6 is 22.6 Å². The Morgan fingerprint density at radius 2 is 2.12 bits per heavy atom. The molecule has 0 fully saturated rings. The van der Waals surface area contributed by atoms with Gasteiger partial charge in [-0.1, -0.05) is 6.92 Å². The quantitative estimate of drug-likeness (QED) is 0.620. The second-order valence-electron chi connectivity index (χ2n) is 3.81. The number of ether oxygens (including phenoxy) is 1. The minimum Gasteiger partial charge on any atom is -0.496 e. The molecule has 0 N–H and O–H groups in total. The van der Waals surface area contributed by atoms with Crippen LogP contribution in [0.15, 0.2) is 21.3 Å². The van der Waals surface area contributed by atoms with Gasteiger partial charge in [-0.3, -0.25) is 0 Å². The molecule has 0 saturated heterocycles. The first-order valence-electron chi connectivity index (χ1n) is 5.39. The van der Waals surface area contributed by atoms with Crippen LogP contribution in [0.25, 0.3) is 11.0 Å². The third-order valence-corrected chi connectivity index (χ3v) is 3.95. The number of aryl methyl sites for hydroxylation is 1. The third kappa shape index (κ3) is 1.94. The van der Waals surface area contributed by atoms with Crippen molar-refractivity contribution in [3.8, 4) is 5.75 Å². The number of benzene rings is 1. The van der Waals surface area contributed by atoms with Gasteiger partial charge in [0.15, 0.2) is 5.58 Å². The Kier molecular flexibility index (Phi) is 3.42. The summed E-state index contributed by atoms with van der Waals surface area (Å²) in [5, 5.41) is 0.978. The first-order valence-corrected chi connectivity index (χ1v) is 6.46. The van der Waals surface area contributed by atoms with E-state index >= 15 is 0 Å². The maximum Gasteiger partial charge on any atom is 0.339 e. The van der Waals surface area contributed by atoms with E-state index in [4.69, 9.17) is 9.15 Å². The fourth-order valence-electron chi connectivity index (χ4n) is 1.97. The van der Waals surface area contributed by atoms with Gasteiger partial charge in [-0.15, -0.1) is 0 Å². The lowest BCUT2D eigenvalue weighted by Gasteiger charge is -2.09. The van der Waals surface area contributed by atoms with E-state index in [-0.39, 0.29) is 5.63 Å². The average Bonchev–Trinajstić information content (AvgIpc) is 2.31. The van der Waals surface area contributed by atoms with E-state index in [0.29, 0.717) is 12.0 Å². The number of fused-ring (bicyclic) bond motifs is 1. The van der Waals surface area contributed by atoms with Gasteiger partial charge in [0.2, 0.25) is 0 Å². The Bertz CT molecular complexity index is 629. The minimum atomic E-state index is -0.247.